The van der Waals surface area contributed by atoms with E-state index in [-0.39, 0.29) is 10.8 Å². The molecule has 0 spiro atoms. The Morgan fingerprint density at radius 1 is 1.11 bits per heavy atom. The zero-order valence-electron chi connectivity index (χ0n) is 20.3. The van der Waals surface area contributed by atoms with Crippen molar-refractivity contribution in [3.63, 3.8) is 0 Å². The molecule has 7 nitrogen and oxygen atoms in total. The minimum absolute atomic E-state index is 0.204. The van der Waals surface area contributed by atoms with Gasteiger partial charge >= 0.3 is 0 Å². The Kier molecular flexibility index (Phi) is 8.12. The highest BCUT2D eigenvalue weighted by atomic mass is 35.5. The molecule has 35 heavy (non-hydrogen) atoms. The molecule has 1 aliphatic heterocycles. The van der Waals surface area contributed by atoms with Crippen LogP contribution in [0.25, 0.3) is 10.2 Å². The van der Waals surface area contributed by atoms with Crippen LogP contribution in [-0.2, 0) is 10.0 Å². The second-order valence-corrected chi connectivity index (χ2v) is 12.7. The minimum atomic E-state index is -3.57. The van der Waals surface area contributed by atoms with Gasteiger partial charge in [0.15, 0.2) is 5.13 Å². The van der Waals surface area contributed by atoms with E-state index in [4.69, 9.17) is 11.6 Å². The number of halogens is 1. The van der Waals surface area contributed by atoms with Gasteiger partial charge in [0.05, 0.1) is 15.1 Å². The molecule has 1 saturated heterocycles. The second kappa shape index (κ2) is 10.9. The van der Waals surface area contributed by atoms with Crippen molar-refractivity contribution < 1.29 is 13.2 Å². The molecular weight excluding hydrogens is 504 g/mol. The third-order valence-corrected chi connectivity index (χ3v) is 9.47. The standard InChI is InChI=1S/C25H31ClN4O3S2/c1-18-11-15-29(16-12-18)35(32,33)21-8-5-19(6-9-21)24(31)30(14-4-13-28(2)3)25-27-22-10-7-20(26)17-23(22)34-25/h5-10,17-18H,4,11-16H2,1-3H3. The molecule has 0 radical (unpaired) electrons. The SMILES string of the molecule is CC1CCN(S(=O)(=O)c2ccc(C(=O)N(CCCN(C)C)c3nc4ccc(Cl)cc4s3)cc2)CC1. The largest absolute Gasteiger partial charge is 0.309 e. The van der Waals surface area contributed by atoms with Gasteiger partial charge in [-0.15, -0.1) is 0 Å². The summed E-state index contributed by atoms with van der Waals surface area (Å²) in [6, 6.07) is 11.8. The fourth-order valence-corrected chi connectivity index (χ4v) is 6.87. The summed E-state index contributed by atoms with van der Waals surface area (Å²) < 4.78 is 28.6. The lowest BCUT2D eigenvalue weighted by atomic mass is 10.0. The van der Waals surface area contributed by atoms with Gasteiger partial charge in [-0.25, -0.2) is 13.4 Å². The molecule has 4 rings (SSSR count). The molecular formula is C25H31ClN4O3S2. The number of carbonyl (C=O) groups excluding carboxylic acids is 1. The number of hydrogen-bond donors (Lipinski definition) is 0. The van der Waals surface area contributed by atoms with E-state index in [2.05, 4.69) is 16.8 Å². The summed E-state index contributed by atoms with van der Waals surface area (Å²) >= 11 is 7.56. The molecule has 2 aromatic carbocycles. The van der Waals surface area contributed by atoms with Gasteiger partial charge < -0.3 is 4.90 Å². The van der Waals surface area contributed by atoms with Crippen molar-refractivity contribution in [3.8, 4) is 0 Å². The Morgan fingerprint density at radius 3 is 2.46 bits per heavy atom. The van der Waals surface area contributed by atoms with E-state index in [0.717, 1.165) is 36.0 Å². The molecule has 1 aliphatic rings. The topological polar surface area (TPSA) is 73.8 Å². The molecule has 3 aromatic rings. The molecule has 2 heterocycles. The van der Waals surface area contributed by atoms with Crippen LogP contribution in [0.2, 0.25) is 5.02 Å². The van der Waals surface area contributed by atoms with Crippen molar-refractivity contribution in [2.45, 2.75) is 31.1 Å². The summed E-state index contributed by atoms with van der Waals surface area (Å²) in [5.74, 6) is 0.336. The Labute approximate surface area is 216 Å². The lowest BCUT2D eigenvalue weighted by molar-refractivity contribution is 0.0986. The number of aromatic nitrogens is 1. The summed E-state index contributed by atoms with van der Waals surface area (Å²) in [7, 11) is 0.423. The first kappa shape index (κ1) is 26.0. The van der Waals surface area contributed by atoms with Gasteiger partial charge in [0, 0.05) is 30.2 Å². The van der Waals surface area contributed by atoms with Crippen LogP contribution in [0.1, 0.15) is 36.5 Å². The Balaban J connectivity index is 1.58. The number of nitrogens with zero attached hydrogens (tertiary/aromatic N) is 4. The average molecular weight is 535 g/mol. The molecule has 1 amide bonds. The Hall–Kier alpha value is -2.04. The lowest BCUT2D eigenvalue weighted by Crippen LogP contribution is -2.38. The normalized spacial score (nSPS) is 15.7. The molecule has 10 heteroatoms. The summed E-state index contributed by atoms with van der Waals surface area (Å²) in [5.41, 5.74) is 1.22. The van der Waals surface area contributed by atoms with Crippen LogP contribution < -0.4 is 4.90 Å². The molecule has 0 saturated carbocycles. The van der Waals surface area contributed by atoms with Crippen LogP contribution in [0.4, 0.5) is 5.13 Å². The molecule has 0 atom stereocenters. The number of thiazole rings is 1. The minimum Gasteiger partial charge on any atom is -0.309 e. The predicted molar refractivity (Wildman–Crippen MR) is 143 cm³/mol. The smallest absolute Gasteiger partial charge is 0.260 e. The van der Waals surface area contributed by atoms with E-state index in [1.165, 1.54) is 23.5 Å². The molecule has 188 valence electrons. The maximum absolute atomic E-state index is 13.6. The highest BCUT2D eigenvalue weighted by Gasteiger charge is 2.28. The van der Waals surface area contributed by atoms with Gasteiger partial charge in [0.1, 0.15) is 0 Å². The number of amides is 1. The first-order chi connectivity index (χ1) is 16.6. The van der Waals surface area contributed by atoms with Crippen LogP contribution >= 0.6 is 22.9 Å². The first-order valence-electron chi connectivity index (χ1n) is 11.8. The van der Waals surface area contributed by atoms with Crippen LogP contribution in [0.3, 0.4) is 0 Å². The zero-order chi connectivity index (χ0) is 25.2. The number of carbonyl (C=O) groups is 1. The fraction of sp³-hybridized carbons (Fsp3) is 0.440. The third-order valence-electron chi connectivity index (χ3n) is 6.28. The highest BCUT2D eigenvalue weighted by molar-refractivity contribution is 7.89. The zero-order valence-corrected chi connectivity index (χ0v) is 22.7. The molecule has 1 aromatic heterocycles. The van der Waals surface area contributed by atoms with Gasteiger partial charge in [0.2, 0.25) is 10.0 Å². The quantitative estimate of drug-likeness (QED) is 0.408. The first-order valence-corrected chi connectivity index (χ1v) is 14.4. The van der Waals surface area contributed by atoms with Crippen molar-refractivity contribution in [1.82, 2.24) is 14.2 Å². The Bertz CT molecular complexity index is 1280. The molecule has 0 bridgehead atoms. The van der Waals surface area contributed by atoms with Gasteiger partial charge in [-0.05, 0) is 88.3 Å². The number of fused-ring (bicyclic) bond motifs is 1. The third kappa shape index (κ3) is 6.03. The summed E-state index contributed by atoms with van der Waals surface area (Å²) in [6.45, 7) is 4.54. The summed E-state index contributed by atoms with van der Waals surface area (Å²) in [4.78, 5) is 22.2. The number of hydrogen-bond acceptors (Lipinski definition) is 6. The lowest BCUT2D eigenvalue weighted by Gasteiger charge is -2.29. The number of benzene rings is 2. The molecule has 0 unspecified atom stereocenters. The van der Waals surface area contributed by atoms with E-state index in [1.807, 2.05) is 26.2 Å². The number of piperidine rings is 1. The van der Waals surface area contributed by atoms with Crippen molar-refractivity contribution in [2.24, 2.45) is 5.92 Å². The number of anilines is 1. The van der Waals surface area contributed by atoms with Crippen LogP contribution in [0.15, 0.2) is 47.4 Å². The van der Waals surface area contributed by atoms with E-state index in [9.17, 15) is 13.2 Å². The fourth-order valence-electron chi connectivity index (χ4n) is 4.13. The monoisotopic (exact) mass is 534 g/mol. The van der Waals surface area contributed by atoms with E-state index in [1.54, 1.807) is 27.4 Å². The molecule has 0 N–H and O–H groups in total. The van der Waals surface area contributed by atoms with Gasteiger partial charge in [-0.3, -0.25) is 9.69 Å². The van der Waals surface area contributed by atoms with Crippen LogP contribution in [0.5, 0.6) is 0 Å². The van der Waals surface area contributed by atoms with Gasteiger partial charge in [0.25, 0.3) is 5.91 Å². The Morgan fingerprint density at radius 2 is 1.80 bits per heavy atom. The van der Waals surface area contributed by atoms with Gasteiger partial charge in [-0.1, -0.05) is 29.9 Å². The number of sulfonamides is 1. The molecule has 1 fully saturated rings. The highest BCUT2D eigenvalue weighted by Crippen LogP contribution is 2.32. The summed E-state index contributed by atoms with van der Waals surface area (Å²) in [6.07, 6.45) is 2.51. The van der Waals surface area contributed by atoms with Crippen LogP contribution in [0, 0.1) is 5.92 Å². The van der Waals surface area contributed by atoms with Crippen molar-refractivity contribution in [3.05, 3.63) is 53.1 Å². The van der Waals surface area contributed by atoms with Crippen molar-refractivity contribution in [2.75, 3.05) is 45.2 Å². The van der Waals surface area contributed by atoms with E-state index < -0.39 is 10.0 Å². The van der Waals surface area contributed by atoms with Crippen molar-refractivity contribution in [1.29, 1.82) is 0 Å². The molecule has 0 aliphatic carbocycles. The summed E-state index contributed by atoms with van der Waals surface area (Å²) in [5, 5.41) is 1.23. The van der Waals surface area contributed by atoms with E-state index >= 15 is 0 Å². The predicted octanol–water partition coefficient (Wildman–Crippen LogP) is 4.97. The number of rotatable bonds is 8. The van der Waals surface area contributed by atoms with Crippen LogP contribution in [-0.4, -0.2) is 68.8 Å². The maximum Gasteiger partial charge on any atom is 0.260 e. The average Bonchev–Trinajstić information content (AvgIpc) is 3.24. The van der Waals surface area contributed by atoms with Crippen molar-refractivity contribution >= 4 is 54.2 Å². The van der Waals surface area contributed by atoms with E-state index in [0.29, 0.717) is 41.3 Å². The second-order valence-electron chi connectivity index (χ2n) is 9.33. The maximum atomic E-state index is 13.6. The van der Waals surface area contributed by atoms with Gasteiger partial charge in [-0.2, -0.15) is 4.31 Å².